The summed E-state index contributed by atoms with van der Waals surface area (Å²) < 4.78 is 5.11. The summed E-state index contributed by atoms with van der Waals surface area (Å²) in [6.07, 6.45) is 1.41. The van der Waals surface area contributed by atoms with Crippen LogP contribution in [0.2, 0.25) is 0 Å². The number of nitrogens with zero attached hydrogens (tertiary/aromatic N) is 3. The van der Waals surface area contributed by atoms with Gasteiger partial charge in [0.1, 0.15) is 0 Å². The van der Waals surface area contributed by atoms with Gasteiger partial charge < -0.3 is 9.64 Å². The first kappa shape index (κ1) is 16.5. The lowest BCUT2D eigenvalue weighted by molar-refractivity contribution is -0.130. The first-order valence-corrected chi connectivity index (χ1v) is 7.71. The number of carbonyl (C=O) groups is 1. The molecule has 1 aliphatic heterocycles. The molecule has 0 aromatic heterocycles. The first-order valence-electron chi connectivity index (χ1n) is 7.71. The second kappa shape index (κ2) is 8.52. The monoisotopic (exact) mass is 301 g/mol. The number of nitriles is 1. The summed E-state index contributed by atoms with van der Waals surface area (Å²) in [5, 5.41) is 8.79. The van der Waals surface area contributed by atoms with Crippen LogP contribution in [0, 0.1) is 11.3 Å². The molecule has 1 aliphatic rings. The Morgan fingerprint density at radius 1 is 1.23 bits per heavy atom. The second-order valence-corrected chi connectivity index (χ2v) is 5.55. The van der Waals surface area contributed by atoms with Crippen LogP contribution < -0.4 is 0 Å². The molecule has 1 heterocycles. The van der Waals surface area contributed by atoms with Gasteiger partial charge in [0.25, 0.3) is 0 Å². The fourth-order valence-corrected chi connectivity index (χ4v) is 2.65. The Kier molecular flexibility index (Phi) is 6.38. The lowest BCUT2D eigenvalue weighted by atomic mass is 10.1. The highest BCUT2D eigenvalue weighted by atomic mass is 16.5. The maximum Gasteiger partial charge on any atom is 0.227 e. The molecular formula is C17H23N3O2. The van der Waals surface area contributed by atoms with E-state index in [1.165, 1.54) is 0 Å². The lowest BCUT2D eigenvalue weighted by Crippen LogP contribution is -2.36. The minimum atomic E-state index is 0.165. The van der Waals surface area contributed by atoms with Crippen LogP contribution in [0.15, 0.2) is 24.3 Å². The van der Waals surface area contributed by atoms with Crippen LogP contribution in [0.25, 0.3) is 0 Å². The first-order chi connectivity index (χ1) is 10.7. The number of benzene rings is 1. The van der Waals surface area contributed by atoms with Crippen LogP contribution in [0.1, 0.15) is 17.5 Å². The molecule has 1 fully saturated rings. The number of ether oxygens (including phenoxy) is 1. The Hall–Kier alpha value is -1.90. The number of amides is 1. The molecule has 1 saturated heterocycles. The quantitative estimate of drug-likeness (QED) is 0.822. The van der Waals surface area contributed by atoms with E-state index in [-0.39, 0.29) is 5.91 Å². The van der Waals surface area contributed by atoms with E-state index >= 15 is 0 Å². The van der Waals surface area contributed by atoms with Gasteiger partial charge in [0.15, 0.2) is 0 Å². The highest BCUT2D eigenvalue weighted by Crippen LogP contribution is 2.09. The van der Waals surface area contributed by atoms with Crippen LogP contribution in [0.4, 0.5) is 0 Å². The van der Waals surface area contributed by atoms with Crippen molar-refractivity contribution in [2.45, 2.75) is 12.8 Å². The molecule has 0 radical (unpaired) electrons. The largest absolute Gasteiger partial charge is 0.383 e. The van der Waals surface area contributed by atoms with Gasteiger partial charge in [-0.3, -0.25) is 9.69 Å². The van der Waals surface area contributed by atoms with Crippen molar-refractivity contribution in [3.63, 3.8) is 0 Å². The highest BCUT2D eigenvalue weighted by molar-refractivity contribution is 5.78. The van der Waals surface area contributed by atoms with Gasteiger partial charge in [0.05, 0.1) is 24.7 Å². The predicted molar refractivity (Wildman–Crippen MR) is 84.4 cm³/mol. The lowest BCUT2D eigenvalue weighted by Gasteiger charge is -2.22. The molecule has 5 heteroatoms. The number of hydrogen-bond acceptors (Lipinski definition) is 4. The molecule has 0 saturated carbocycles. The average Bonchev–Trinajstić information content (AvgIpc) is 2.79. The normalized spacial score (nSPS) is 16.1. The van der Waals surface area contributed by atoms with E-state index in [2.05, 4.69) is 11.0 Å². The summed E-state index contributed by atoms with van der Waals surface area (Å²) in [6.45, 7) is 5.18. The van der Waals surface area contributed by atoms with Crippen molar-refractivity contribution in [3.05, 3.63) is 35.4 Å². The summed E-state index contributed by atoms with van der Waals surface area (Å²) in [5.41, 5.74) is 1.59. The molecule has 0 spiro atoms. The van der Waals surface area contributed by atoms with Gasteiger partial charge in [-0.25, -0.2) is 0 Å². The van der Waals surface area contributed by atoms with Gasteiger partial charge in [-0.05, 0) is 30.7 Å². The molecule has 0 aliphatic carbocycles. The van der Waals surface area contributed by atoms with Gasteiger partial charge >= 0.3 is 0 Å². The SMILES string of the molecule is COCCN1CCCN(C(=O)Cc2ccc(C#N)cc2)CC1. The Balaban J connectivity index is 1.85. The molecule has 1 aromatic carbocycles. The second-order valence-electron chi connectivity index (χ2n) is 5.55. The Labute approximate surface area is 132 Å². The van der Waals surface area contributed by atoms with Crippen LogP contribution in [-0.2, 0) is 16.0 Å². The number of methoxy groups -OCH3 is 1. The van der Waals surface area contributed by atoms with Gasteiger partial charge in [-0.15, -0.1) is 0 Å². The van der Waals surface area contributed by atoms with Crippen molar-refractivity contribution in [3.8, 4) is 6.07 Å². The number of carbonyl (C=O) groups excluding carboxylic acids is 1. The molecule has 118 valence electrons. The van der Waals surface area contributed by atoms with Gasteiger partial charge in [-0.1, -0.05) is 12.1 Å². The molecule has 22 heavy (non-hydrogen) atoms. The van der Waals surface area contributed by atoms with Crippen molar-refractivity contribution in [2.24, 2.45) is 0 Å². The molecule has 0 atom stereocenters. The topological polar surface area (TPSA) is 56.6 Å². The summed E-state index contributed by atoms with van der Waals surface area (Å²) in [5.74, 6) is 0.165. The summed E-state index contributed by atoms with van der Waals surface area (Å²) in [4.78, 5) is 16.7. The van der Waals surface area contributed by atoms with Crippen molar-refractivity contribution < 1.29 is 9.53 Å². The fourth-order valence-electron chi connectivity index (χ4n) is 2.65. The zero-order valence-electron chi connectivity index (χ0n) is 13.1. The zero-order chi connectivity index (χ0) is 15.8. The van der Waals surface area contributed by atoms with E-state index < -0.39 is 0 Å². The third-order valence-electron chi connectivity index (χ3n) is 3.99. The third-order valence-corrected chi connectivity index (χ3v) is 3.99. The Bertz CT molecular complexity index is 522. The van der Waals surface area contributed by atoms with E-state index in [1.54, 1.807) is 19.2 Å². The fraction of sp³-hybridized carbons (Fsp3) is 0.529. The molecule has 0 N–H and O–H groups in total. The number of rotatable bonds is 5. The van der Waals surface area contributed by atoms with Crippen LogP contribution >= 0.6 is 0 Å². The van der Waals surface area contributed by atoms with E-state index in [4.69, 9.17) is 10.00 Å². The van der Waals surface area contributed by atoms with Gasteiger partial charge in [0, 0.05) is 33.3 Å². The van der Waals surface area contributed by atoms with E-state index in [0.29, 0.717) is 12.0 Å². The molecule has 0 bridgehead atoms. The standard InChI is InChI=1S/C17H23N3O2/c1-22-12-11-19-7-2-8-20(10-9-19)17(21)13-15-3-5-16(14-18)6-4-15/h3-6H,2,7-13H2,1H3. The van der Waals surface area contributed by atoms with Crippen LogP contribution in [0.3, 0.4) is 0 Å². The maximum absolute atomic E-state index is 12.4. The minimum absolute atomic E-state index is 0.165. The summed E-state index contributed by atoms with van der Waals surface area (Å²) in [6, 6.07) is 9.33. The van der Waals surface area contributed by atoms with Crippen molar-refractivity contribution in [1.29, 1.82) is 5.26 Å². The van der Waals surface area contributed by atoms with Crippen LogP contribution in [0.5, 0.6) is 0 Å². The van der Waals surface area contributed by atoms with E-state index in [1.807, 2.05) is 17.0 Å². The van der Waals surface area contributed by atoms with E-state index in [9.17, 15) is 4.79 Å². The van der Waals surface area contributed by atoms with Crippen molar-refractivity contribution >= 4 is 5.91 Å². The highest BCUT2D eigenvalue weighted by Gasteiger charge is 2.19. The molecule has 1 aromatic rings. The Morgan fingerprint density at radius 2 is 2.00 bits per heavy atom. The molecule has 5 nitrogen and oxygen atoms in total. The molecule has 1 amide bonds. The van der Waals surface area contributed by atoms with Gasteiger partial charge in [0.2, 0.25) is 5.91 Å². The zero-order valence-corrected chi connectivity index (χ0v) is 13.1. The van der Waals surface area contributed by atoms with Gasteiger partial charge in [-0.2, -0.15) is 5.26 Å². The Morgan fingerprint density at radius 3 is 2.68 bits per heavy atom. The molecular weight excluding hydrogens is 278 g/mol. The summed E-state index contributed by atoms with van der Waals surface area (Å²) in [7, 11) is 1.71. The minimum Gasteiger partial charge on any atom is -0.383 e. The smallest absolute Gasteiger partial charge is 0.227 e. The average molecular weight is 301 g/mol. The predicted octanol–water partition coefficient (Wildman–Crippen LogP) is 1.28. The van der Waals surface area contributed by atoms with E-state index in [0.717, 1.165) is 51.3 Å². The number of hydrogen-bond donors (Lipinski definition) is 0. The maximum atomic E-state index is 12.4. The molecule has 0 unspecified atom stereocenters. The molecule has 2 rings (SSSR count). The third kappa shape index (κ3) is 4.83. The van der Waals surface area contributed by atoms with Crippen LogP contribution in [-0.4, -0.2) is 62.1 Å². The van der Waals surface area contributed by atoms with Crippen molar-refractivity contribution in [2.75, 3.05) is 46.4 Å². The summed E-state index contributed by atoms with van der Waals surface area (Å²) >= 11 is 0. The van der Waals surface area contributed by atoms with Crippen molar-refractivity contribution in [1.82, 2.24) is 9.80 Å².